The Kier molecular flexibility index (Phi) is 6.03. The molecule has 0 saturated carbocycles. The minimum atomic E-state index is -0.542. The lowest BCUT2D eigenvalue weighted by Gasteiger charge is -2.11. The van der Waals surface area contributed by atoms with E-state index in [0.29, 0.717) is 17.1 Å². The molecule has 2 aromatic carbocycles. The molecule has 3 rings (SSSR count). The minimum absolute atomic E-state index is 0.155. The number of anilines is 3. The Labute approximate surface area is 167 Å². The Morgan fingerprint density at radius 3 is 2.52 bits per heavy atom. The fraction of sp³-hybridized carbons (Fsp3) is 0.143. The third kappa shape index (κ3) is 4.86. The number of carbonyl (C=O) groups excluding carboxylic acids is 2. The Morgan fingerprint density at radius 1 is 0.966 bits per heavy atom. The highest BCUT2D eigenvalue weighted by atomic mass is 16.5. The molecule has 2 N–H and O–H groups in total. The number of aromatic nitrogens is 2. The van der Waals surface area contributed by atoms with Crippen molar-refractivity contribution in [2.24, 2.45) is 0 Å². The van der Waals surface area contributed by atoms with Crippen molar-refractivity contribution in [1.82, 2.24) is 9.97 Å². The van der Waals surface area contributed by atoms with Gasteiger partial charge in [-0.3, -0.25) is 4.79 Å². The zero-order valence-corrected chi connectivity index (χ0v) is 16.2. The summed E-state index contributed by atoms with van der Waals surface area (Å²) in [5, 5.41) is 5.76. The summed E-state index contributed by atoms with van der Waals surface area (Å²) < 4.78 is 9.95. The van der Waals surface area contributed by atoms with Crippen LogP contribution in [-0.2, 0) is 4.74 Å². The van der Waals surface area contributed by atoms with Crippen molar-refractivity contribution in [3.63, 3.8) is 0 Å². The van der Waals surface area contributed by atoms with E-state index in [2.05, 4.69) is 20.6 Å². The van der Waals surface area contributed by atoms with Gasteiger partial charge in [0.25, 0.3) is 5.91 Å². The SMILES string of the molecule is COC(=O)c1ccccc1NC(=O)c1cc(C)nc(Nc2cccc(OC)c2)n1. The van der Waals surface area contributed by atoms with Gasteiger partial charge in [0.05, 0.1) is 25.5 Å². The van der Waals surface area contributed by atoms with Gasteiger partial charge in [-0.2, -0.15) is 0 Å². The standard InChI is InChI=1S/C21H20N4O4/c1-13-11-18(19(26)24-17-10-5-4-9-16(17)20(27)29-3)25-21(22-13)23-14-7-6-8-15(12-14)28-2/h4-12H,1-3H3,(H,24,26)(H,22,23,25). The number of benzene rings is 2. The van der Waals surface area contributed by atoms with Gasteiger partial charge in [0.2, 0.25) is 5.95 Å². The maximum atomic E-state index is 12.7. The van der Waals surface area contributed by atoms with Crippen LogP contribution in [0, 0.1) is 6.92 Å². The summed E-state index contributed by atoms with van der Waals surface area (Å²) in [5.74, 6) is -0.0645. The predicted molar refractivity (Wildman–Crippen MR) is 109 cm³/mol. The van der Waals surface area contributed by atoms with Crippen LogP contribution in [-0.4, -0.2) is 36.1 Å². The van der Waals surface area contributed by atoms with Crippen LogP contribution >= 0.6 is 0 Å². The number of hydrogen-bond donors (Lipinski definition) is 2. The molecular weight excluding hydrogens is 372 g/mol. The number of amides is 1. The summed E-state index contributed by atoms with van der Waals surface area (Å²) in [6, 6.07) is 15.4. The number of hydrogen-bond acceptors (Lipinski definition) is 7. The van der Waals surface area contributed by atoms with E-state index in [1.165, 1.54) is 7.11 Å². The maximum Gasteiger partial charge on any atom is 0.339 e. The van der Waals surface area contributed by atoms with Gasteiger partial charge in [0.15, 0.2) is 0 Å². The van der Waals surface area contributed by atoms with E-state index in [4.69, 9.17) is 9.47 Å². The van der Waals surface area contributed by atoms with E-state index in [9.17, 15) is 9.59 Å². The number of para-hydroxylation sites is 1. The number of carbonyl (C=O) groups is 2. The first-order valence-electron chi connectivity index (χ1n) is 8.75. The van der Waals surface area contributed by atoms with Crippen LogP contribution in [0.1, 0.15) is 26.5 Å². The molecule has 1 heterocycles. The molecule has 29 heavy (non-hydrogen) atoms. The molecule has 3 aromatic rings. The number of methoxy groups -OCH3 is 2. The summed E-state index contributed by atoms with van der Waals surface area (Å²) in [7, 11) is 2.86. The van der Waals surface area contributed by atoms with Crippen LogP contribution in [0.4, 0.5) is 17.3 Å². The number of aryl methyl sites for hydroxylation is 1. The summed E-state index contributed by atoms with van der Waals surface area (Å²) in [6.07, 6.45) is 0. The number of ether oxygens (including phenoxy) is 2. The van der Waals surface area contributed by atoms with Gasteiger partial charge >= 0.3 is 5.97 Å². The van der Waals surface area contributed by atoms with Crippen LogP contribution in [0.25, 0.3) is 0 Å². The summed E-state index contributed by atoms with van der Waals surface area (Å²) in [4.78, 5) is 33.2. The fourth-order valence-corrected chi connectivity index (χ4v) is 2.64. The Morgan fingerprint density at radius 2 is 1.76 bits per heavy atom. The number of nitrogens with one attached hydrogen (secondary N) is 2. The van der Waals surface area contributed by atoms with Crippen LogP contribution in [0.5, 0.6) is 5.75 Å². The maximum absolute atomic E-state index is 12.7. The largest absolute Gasteiger partial charge is 0.497 e. The molecule has 0 aliphatic carbocycles. The van der Waals surface area contributed by atoms with E-state index in [0.717, 1.165) is 5.69 Å². The van der Waals surface area contributed by atoms with Crippen molar-refractivity contribution < 1.29 is 19.1 Å². The third-order valence-corrected chi connectivity index (χ3v) is 3.99. The average Bonchev–Trinajstić information content (AvgIpc) is 2.73. The average molecular weight is 392 g/mol. The molecule has 8 heteroatoms. The highest BCUT2D eigenvalue weighted by Crippen LogP contribution is 2.21. The molecular formula is C21H20N4O4. The molecule has 0 aliphatic heterocycles. The van der Waals surface area contributed by atoms with Crippen LogP contribution < -0.4 is 15.4 Å². The normalized spacial score (nSPS) is 10.2. The second-order valence-corrected chi connectivity index (χ2v) is 6.07. The van der Waals surface area contributed by atoms with Gasteiger partial charge in [0.1, 0.15) is 11.4 Å². The third-order valence-electron chi connectivity index (χ3n) is 3.99. The molecule has 0 saturated heterocycles. The van der Waals surface area contributed by atoms with Gasteiger partial charge in [-0.15, -0.1) is 0 Å². The van der Waals surface area contributed by atoms with Gasteiger partial charge in [-0.1, -0.05) is 18.2 Å². The first kappa shape index (κ1) is 19.8. The number of esters is 1. The van der Waals surface area contributed by atoms with Crippen molar-refractivity contribution in [2.75, 3.05) is 24.9 Å². The molecule has 8 nitrogen and oxygen atoms in total. The van der Waals surface area contributed by atoms with Crippen molar-refractivity contribution in [3.05, 3.63) is 71.5 Å². The Hall–Kier alpha value is -3.94. The molecule has 0 fully saturated rings. The highest BCUT2D eigenvalue weighted by Gasteiger charge is 2.16. The Balaban J connectivity index is 1.84. The highest BCUT2D eigenvalue weighted by molar-refractivity contribution is 6.07. The molecule has 0 aliphatic rings. The quantitative estimate of drug-likeness (QED) is 0.618. The van der Waals surface area contributed by atoms with Crippen molar-refractivity contribution in [3.8, 4) is 5.75 Å². The molecule has 0 unspecified atom stereocenters. The lowest BCUT2D eigenvalue weighted by Crippen LogP contribution is -2.17. The first-order valence-corrected chi connectivity index (χ1v) is 8.75. The van der Waals surface area contributed by atoms with Crippen molar-refractivity contribution in [2.45, 2.75) is 6.92 Å². The molecule has 1 amide bonds. The van der Waals surface area contributed by atoms with Gasteiger partial charge < -0.3 is 20.1 Å². The van der Waals surface area contributed by atoms with Gasteiger partial charge in [-0.25, -0.2) is 14.8 Å². The summed E-state index contributed by atoms with van der Waals surface area (Å²) in [5.41, 5.74) is 2.07. The van der Waals surface area contributed by atoms with Crippen LogP contribution in [0.3, 0.4) is 0 Å². The van der Waals surface area contributed by atoms with E-state index in [1.54, 1.807) is 50.4 Å². The van der Waals surface area contributed by atoms with Gasteiger partial charge in [-0.05, 0) is 37.3 Å². The zero-order chi connectivity index (χ0) is 20.8. The first-order chi connectivity index (χ1) is 14.0. The van der Waals surface area contributed by atoms with Crippen molar-refractivity contribution in [1.29, 1.82) is 0 Å². The van der Waals surface area contributed by atoms with Crippen LogP contribution in [0.2, 0.25) is 0 Å². The van der Waals surface area contributed by atoms with E-state index in [1.807, 2.05) is 18.2 Å². The number of nitrogens with zero attached hydrogens (tertiary/aromatic N) is 2. The molecule has 0 atom stereocenters. The zero-order valence-electron chi connectivity index (χ0n) is 16.2. The molecule has 0 radical (unpaired) electrons. The lowest BCUT2D eigenvalue weighted by atomic mass is 10.1. The Bertz CT molecular complexity index is 1050. The fourth-order valence-electron chi connectivity index (χ4n) is 2.64. The second kappa shape index (κ2) is 8.83. The van der Waals surface area contributed by atoms with Crippen molar-refractivity contribution >= 4 is 29.2 Å². The molecule has 1 aromatic heterocycles. The predicted octanol–water partition coefficient (Wildman–Crippen LogP) is 3.58. The summed E-state index contributed by atoms with van der Waals surface area (Å²) >= 11 is 0. The smallest absolute Gasteiger partial charge is 0.339 e. The summed E-state index contributed by atoms with van der Waals surface area (Å²) in [6.45, 7) is 1.76. The topological polar surface area (TPSA) is 102 Å². The van der Waals surface area contributed by atoms with E-state index in [-0.39, 0.29) is 17.2 Å². The van der Waals surface area contributed by atoms with Crippen LogP contribution in [0.15, 0.2) is 54.6 Å². The minimum Gasteiger partial charge on any atom is -0.497 e. The van der Waals surface area contributed by atoms with E-state index < -0.39 is 11.9 Å². The molecule has 0 spiro atoms. The molecule has 0 bridgehead atoms. The lowest BCUT2D eigenvalue weighted by molar-refractivity contribution is 0.0602. The second-order valence-electron chi connectivity index (χ2n) is 6.07. The van der Waals surface area contributed by atoms with Gasteiger partial charge in [0, 0.05) is 17.4 Å². The number of rotatable bonds is 6. The van der Waals surface area contributed by atoms with E-state index >= 15 is 0 Å². The monoisotopic (exact) mass is 392 g/mol. The molecule has 148 valence electrons.